The molecule has 2 aromatic carbocycles. The standard InChI is InChI=1S/C16H13NO3S/c1-12-6-2-5-9-16(12)21(19,20)17-10-13(11-18)14-7-3-4-8-15(14)17/h2-11H,1H3. The lowest BCUT2D eigenvalue weighted by molar-refractivity contribution is 0.112. The molecule has 5 heteroatoms. The largest absolute Gasteiger partial charge is 0.298 e. The Balaban J connectivity index is 2.35. The molecule has 0 unspecified atom stereocenters. The number of nitrogens with zero attached hydrogens (tertiary/aromatic N) is 1. The zero-order valence-corrected chi connectivity index (χ0v) is 12.2. The van der Waals surface area contributed by atoms with Crippen LogP contribution in [-0.4, -0.2) is 18.7 Å². The van der Waals surface area contributed by atoms with Crippen molar-refractivity contribution in [3.05, 3.63) is 65.9 Å². The second-order valence-electron chi connectivity index (χ2n) is 4.79. The van der Waals surface area contributed by atoms with E-state index in [1.165, 1.54) is 10.2 Å². The zero-order chi connectivity index (χ0) is 15.0. The molecule has 0 bridgehead atoms. The smallest absolute Gasteiger partial charge is 0.268 e. The molecule has 0 aliphatic carbocycles. The SMILES string of the molecule is Cc1ccccc1S(=O)(=O)n1cc(C=O)c2ccccc21. The molecule has 0 aliphatic rings. The van der Waals surface area contributed by atoms with Crippen LogP contribution in [0.15, 0.2) is 59.6 Å². The molecule has 1 aromatic heterocycles. The summed E-state index contributed by atoms with van der Waals surface area (Å²) in [7, 11) is -3.73. The van der Waals surface area contributed by atoms with Crippen molar-refractivity contribution in [3.8, 4) is 0 Å². The van der Waals surface area contributed by atoms with Crippen molar-refractivity contribution in [1.29, 1.82) is 0 Å². The summed E-state index contributed by atoms with van der Waals surface area (Å²) < 4.78 is 26.9. The number of fused-ring (bicyclic) bond motifs is 1. The third kappa shape index (κ3) is 2.06. The van der Waals surface area contributed by atoms with Crippen molar-refractivity contribution in [1.82, 2.24) is 3.97 Å². The number of hydrogen-bond donors (Lipinski definition) is 0. The molecule has 0 N–H and O–H groups in total. The number of benzene rings is 2. The average Bonchev–Trinajstić information content (AvgIpc) is 2.87. The second kappa shape index (κ2) is 4.86. The van der Waals surface area contributed by atoms with E-state index in [2.05, 4.69) is 0 Å². The summed E-state index contributed by atoms with van der Waals surface area (Å²) in [6.45, 7) is 1.75. The molecule has 106 valence electrons. The maximum atomic E-state index is 12.8. The Morgan fingerprint density at radius 1 is 1.00 bits per heavy atom. The van der Waals surface area contributed by atoms with Gasteiger partial charge in [-0.05, 0) is 24.6 Å². The molecule has 1 heterocycles. The van der Waals surface area contributed by atoms with Gasteiger partial charge in [-0.25, -0.2) is 12.4 Å². The van der Waals surface area contributed by atoms with Crippen LogP contribution in [0.2, 0.25) is 0 Å². The minimum atomic E-state index is -3.73. The van der Waals surface area contributed by atoms with E-state index in [9.17, 15) is 13.2 Å². The summed E-state index contributed by atoms with van der Waals surface area (Å²) in [5.41, 5.74) is 1.54. The summed E-state index contributed by atoms with van der Waals surface area (Å²) in [5, 5.41) is 0.629. The molecule has 4 nitrogen and oxygen atoms in total. The number of carbonyl (C=O) groups is 1. The third-order valence-corrected chi connectivity index (χ3v) is 5.30. The lowest BCUT2D eigenvalue weighted by Crippen LogP contribution is -2.13. The van der Waals surface area contributed by atoms with Crippen LogP contribution in [0.4, 0.5) is 0 Å². The first-order chi connectivity index (χ1) is 10.1. The number of hydrogen-bond acceptors (Lipinski definition) is 3. The summed E-state index contributed by atoms with van der Waals surface area (Å²) in [6, 6.07) is 13.8. The number of para-hydroxylation sites is 1. The fourth-order valence-electron chi connectivity index (χ4n) is 2.42. The van der Waals surface area contributed by atoms with Gasteiger partial charge < -0.3 is 0 Å². The van der Waals surface area contributed by atoms with Gasteiger partial charge in [-0.2, -0.15) is 0 Å². The molecule has 0 saturated heterocycles. The Bertz CT molecular complexity index is 939. The maximum absolute atomic E-state index is 12.8. The van der Waals surface area contributed by atoms with Crippen LogP contribution in [-0.2, 0) is 10.0 Å². The summed E-state index contributed by atoms with van der Waals surface area (Å²) in [4.78, 5) is 11.4. The molecular weight excluding hydrogens is 286 g/mol. The molecule has 0 aliphatic heterocycles. The highest BCUT2D eigenvalue weighted by molar-refractivity contribution is 7.90. The van der Waals surface area contributed by atoms with E-state index in [0.29, 0.717) is 28.3 Å². The Morgan fingerprint density at radius 3 is 2.38 bits per heavy atom. The summed E-state index contributed by atoms with van der Waals surface area (Å²) >= 11 is 0. The normalized spacial score (nSPS) is 11.7. The number of aldehydes is 1. The Morgan fingerprint density at radius 2 is 1.67 bits per heavy atom. The molecule has 3 aromatic rings. The lowest BCUT2D eigenvalue weighted by atomic mass is 10.2. The monoisotopic (exact) mass is 299 g/mol. The van der Waals surface area contributed by atoms with Gasteiger partial charge in [0.25, 0.3) is 10.0 Å². The third-order valence-electron chi connectivity index (χ3n) is 3.47. The zero-order valence-electron chi connectivity index (χ0n) is 11.4. The molecule has 0 fully saturated rings. The van der Waals surface area contributed by atoms with Crippen molar-refractivity contribution in [2.45, 2.75) is 11.8 Å². The minimum absolute atomic E-state index is 0.239. The van der Waals surface area contributed by atoms with Crippen LogP contribution < -0.4 is 0 Å². The van der Waals surface area contributed by atoms with Crippen molar-refractivity contribution in [3.63, 3.8) is 0 Å². The summed E-state index contributed by atoms with van der Waals surface area (Å²) in [6.07, 6.45) is 2.05. The van der Waals surface area contributed by atoms with Crippen molar-refractivity contribution < 1.29 is 13.2 Å². The first-order valence-corrected chi connectivity index (χ1v) is 7.86. The Hall–Kier alpha value is -2.40. The predicted molar refractivity (Wildman–Crippen MR) is 81.1 cm³/mol. The Kier molecular flexibility index (Phi) is 3.14. The quantitative estimate of drug-likeness (QED) is 0.699. The highest BCUT2D eigenvalue weighted by Gasteiger charge is 2.22. The highest BCUT2D eigenvalue weighted by atomic mass is 32.2. The van der Waals surface area contributed by atoms with Gasteiger partial charge in [-0.15, -0.1) is 0 Å². The van der Waals surface area contributed by atoms with Gasteiger partial charge in [0.15, 0.2) is 6.29 Å². The van der Waals surface area contributed by atoms with E-state index in [0.717, 1.165) is 0 Å². The van der Waals surface area contributed by atoms with Crippen molar-refractivity contribution in [2.24, 2.45) is 0 Å². The predicted octanol–water partition coefficient (Wildman–Crippen LogP) is 3.00. The van der Waals surface area contributed by atoms with Gasteiger partial charge in [0, 0.05) is 17.1 Å². The minimum Gasteiger partial charge on any atom is -0.298 e. The van der Waals surface area contributed by atoms with Gasteiger partial charge in [0.2, 0.25) is 0 Å². The molecule has 0 radical (unpaired) electrons. The van der Waals surface area contributed by atoms with Crippen LogP contribution in [0.3, 0.4) is 0 Å². The maximum Gasteiger partial charge on any atom is 0.268 e. The number of aromatic nitrogens is 1. The molecule has 0 atom stereocenters. The molecule has 21 heavy (non-hydrogen) atoms. The van der Waals surface area contributed by atoms with Crippen LogP contribution in [0.25, 0.3) is 10.9 Å². The first kappa shape index (κ1) is 13.6. The lowest BCUT2D eigenvalue weighted by Gasteiger charge is -2.09. The number of aryl methyl sites for hydroxylation is 1. The number of carbonyl (C=O) groups excluding carboxylic acids is 1. The Labute approximate surface area is 122 Å². The van der Waals surface area contributed by atoms with Crippen LogP contribution >= 0.6 is 0 Å². The van der Waals surface area contributed by atoms with Gasteiger partial charge in [-0.3, -0.25) is 4.79 Å². The van der Waals surface area contributed by atoms with Crippen LogP contribution in [0, 0.1) is 6.92 Å². The van der Waals surface area contributed by atoms with E-state index in [1.807, 2.05) is 0 Å². The molecule has 0 amide bonds. The van der Waals surface area contributed by atoms with E-state index < -0.39 is 10.0 Å². The molecule has 0 spiro atoms. The van der Waals surface area contributed by atoms with Gasteiger partial charge >= 0.3 is 0 Å². The molecule has 3 rings (SSSR count). The molecule has 0 saturated carbocycles. The van der Waals surface area contributed by atoms with Crippen molar-refractivity contribution >= 4 is 27.2 Å². The van der Waals surface area contributed by atoms with E-state index in [1.54, 1.807) is 55.5 Å². The van der Waals surface area contributed by atoms with E-state index in [-0.39, 0.29) is 4.90 Å². The first-order valence-electron chi connectivity index (χ1n) is 6.42. The fourth-order valence-corrected chi connectivity index (χ4v) is 4.03. The highest BCUT2D eigenvalue weighted by Crippen LogP contribution is 2.26. The summed E-state index contributed by atoms with van der Waals surface area (Å²) in [5.74, 6) is 0. The van der Waals surface area contributed by atoms with Gasteiger partial charge in [-0.1, -0.05) is 36.4 Å². The van der Waals surface area contributed by atoms with E-state index in [4.69, 9.17) is 0 Å². The van der Waals surface area contributed by atoms with Crippen molar-refractivity contribution in [2.75, 3.05) is 0 Å². The van der Waals surface area contributed by atoms with Crippen LogP contribution in [0.5, 0.6) is 0 Å². The number of rotatable bonds is 3. The topological polar surface area (TPSA) is 56.1 Å². The second-order valence-corrected chi connectivity index (χ2v) is 6.57. The average molecular weight is 299 g/mol. The van der Waals surface area contributed by atoms with Crippen LogP contribution in [0.1, 0.15) is 15.9 Å². The fraction of sp³-hybridized carbons (Fsp3) is 0.0625. The van der Waals surface area contributed by atoms with Gasteiger partial charge in [0.1, 0.15) is 0 Å². The van der Waals surface area contributed by atoms with Gasteiger partial charge in [0.05, 0.1) is 10.4 Å². The molecular formula is C16H13NO3S. The van der Waals surface area contributed by atoms with E-state index >= 15 is 0 Å².